The molecule has 0 rings (SSSR count). The SMILES string of the molecule is CSCCCC(CN)NCCO. The van der Waals surface area contributed by atoms with E-state index in [1.54, 1.807) is 0 Å². The molecule has 0 aliphatic heterocycles. The molecular weight excluding hydrogens is 172 g/mol. The van der Waals surface area contributed by atoms with Crippen LogP contribution in [0.3, 0.4) is 0 Å². The summed E-state index contributed by atoms with van der Waals surface area (Å²) in [5.41, 5.74) is 5.54. The molecule has 0 aromatic heterocycles. The van der Waals surface area contributed by atoms with Crippen LogP contribution in [0.4, 0.5) is 0 Å². The van der Waals surface area contributed by atoms with Crippen LogP contribution in [-0.2, 0) is 0 Å². The van der Waals surface area contributed by atoms with E-state index in [9.17, 15) is 0 Å². The fourth-order valence-corrected chi connectivity index (χ4v) is 1.50. The van der Waals surface area contributed by atoms with Crippen molar-refractivity contribution in [2.45, 2.75) is 18.9 Å². The third-order valence-electron chi connectivity index (χ3n) is 1.73. The highest BCUT2D eigenvalue weighted by atomic mass is 32.2. The van der Waals surface area contributed by atoms with Crippen LogP contribution in [0.25, 0.3) is 0 Å². The van der Waals surface area contributed by atoms with Crippen molar-refractivity contribution >= 4 is 11.8 Å². The summed E-state index contributed by atoms with van der Waals surface area (Å²) in [6.07, 6.45) is 4.41. The average Bonchev–Trinajstić information content (AvgIpc) is 2.11. The van der Waals surface area contributed by atoms with E-state index in [2.05, 4.69) is 11.6 Å². The van der Waals surface area contributed by atoms with Crippen molar-refractivity contribution < 1.29 is 5.11 Å². The van der Waals surface area contributed by atoms with Gasteiger partial charge in [0.05, 0.1) is 6.61 Å². The lowest BCUT2D eigenvalue weighted by Crippen LogP contribution is -2.37. The number of nitrogens with one attached hydrogen (secondary N) is 1. The molecule has 0 bridgehead atoms. The molecule has 1 atom stereocenters. The van der Waals surface area contributed by atoms with Crippen molar-refractivity contribution in [3.05, 3.63) is 0 Å². The molecule has 0 spiro atoms. The molecule has 0 amide bonds. The van der Waals surface area contributed by atoms with Crippen LogP contribution >= 0.6 is 11.8 Å². The van der Waals surface area contributed by atoms with Crippen molar-refractivity contribution in [2.75, 3.05) is 31.7 Å². The van der Waals surface area contributed by atoms with Crippen LogP contribution in [0, 0.1) is 0 Å². The molecule has 0 aromatic rings. The van der Waals surface area contributed by atoms with E-state index in [1.807, 2.05) is 11.8 Å². The highest BCUT2D eigenvalue weighted by Gasteiger charge is 2.03. The van der Waals surface area contributed by atoms with Gasteiger partial charge >= 0.3 is 0 Å². The van der Waals surface area contributed by atoms with Crippen molar-refractivity contribution in [1.82, 2.24) is 5.32 Å². The maximum Gasteiger partial charge on any atom is 0.0556 e. The predicted octanol–water partition coefficient (Wildman–Crippen LogP) is 0.0388. The van der Waals surface area contributed by atoms with Gasteiger partial charge in [-0.25, -0.2) is 0 Å². The second-order valence-electron chi connectivity index (χ2n) is 2.75. The van der Waals surface area contributed by atoms with Crippen molar-refractivity contribution in [2.24, 2.45) is 5.73 Å². The molecule has 4 N–H and O–H groups in total. The summed E-state index contributed by atoms with van der Waals surface area (Å²) >= 11 is 1.86. The number of nitrogens with two attached hydrogens (primary N) is 1. The highest BCUT2D eigenvalue weighted by Crippen LogP contribution is 2.01. The van der Waals surface area contributed by atoms with Crippen LogP contribution in [0.1, 0.15) is 12.8 Å². The monoisotopic (exact) mass is 192 g/mol. The van der Waals surface area contributed by atoms with Crippen LogP contribution in [0.5, 0.6) is 0 Å². The molecule has 0 radical (unpaired) electrons. The Balaban J connectivity index is 3.26. The summed E-state index contributed by atoms with van der Waals surface area (Å²) in [5, 5.41) is 11.8. The van der Waals surface area contributed by atoms with Gasteiger partial charge in [0.25, 0.3) is 0 Å². The van der Waals surface area contributed by atoms with Crippen molar-refractivity contribution in [1.29, 1.82) is 0 Å². The molecule has 0 saturated heterocycles. The second kappa shape index (κ2) is 9.32. The number of rotatable bonds is 8. The Morgan fingerprint density at radius 1 is 1.58 bits per heavy atom. The molecule has 0 aliphatic carbocycles. The molecule has 0 saturated carbocycles. The van der Waals surface area contributed by atoms with Gasteiger partial charge in [0.1, 0.15) is 0 Å². The summed E-state index contributed by atoms with van der Waals surface area (Å²) in [5.74, 6) is 1.19. The zero-order valence-corrected chi connectivity index (χ0v) is 8.57. The largest absolute Gasteiger partial charge is 0.395 e. The van der Waals surface area contributed by atoms with E-state index in [0.717, 1.165) is 6.42 Å². The number of aliphatic hydroxyl groups is 1. The second-order valence-corrected chi connectivity index (χ2v) is 3.73. The fourth-order valence-electron chi connectivity index (χ4n) is 1.05. The minimum Gasteiger partial charge on any atom is -0.395 e. The molecule has 4 heteroatoms. The van der Waals surface area contributed by atoms with Crippen molar-refractivity contribution in [3.8, 4) is 0 Å². The zero-order chi connectivity index (χ0) is 9.23. The standard InChI is InChI=1S/C8H20N2OS/c1-12-6-2-3-8(7-9)10-4-5-11/h8,10-11H,2-7,9H2,1H3. The summed E-state index contributed by atoms with van der Waals surface area (Å²) < 4.78 is 0. The number of hydrogen-bond acceptors (Lipinski definition) is 4. The number of thioether (sulfide) groups is 1. The normalized spacial score (nSPS) is 13.2. The van der Waals surface area contributed by atoms with Crippen LogP contribution in [0.15, 0.2) is 0 Å². The lowest BCUT2D eigenvalue weighted by atomic mass is 10.2. The molecule has 3 nitrogen and oxygen atoms in total. The minimum absolute atomic E-state index is 0.193. The van der Waals surface area contributed by atoms with Gasteiger partial charge in [-0.2, -0.15) is 11.8 Å². The lowest BCUT2D eigenvalue weighted by molar-refractivity contribution is 0.282. The average molecular weight is 192 g/mol. The van der Waals surface area contributed by atoms with E-state index in [1.165, 1.54) is 12.2 Å². The topological polar surface area (TPSA) is 58.3 Å². The van der Waals surface area contributed by atoms with Crippen molar-refractivity contribution in [3.63, 3.8) is 0 Å². The van der Waals surface area contributed by atoms with Gasteiger partial charge in [-0.3, -0.25) is 0 Å². The quantitative estimate of drug-likeness (QED) is 0.475. The van der Waals surface area contributed by atoms with Gasteiger partial charge in [-0.1, -0.05) is 0 Å². The van der Waals surface area contributed by atoms with Gasteiger partial charge in [0.2, 0.25) is 0 Å². The van der Waals surface area contributed by atoms with Gasteiger partial charge in [-0.05, 0) is 24.9 Å². The molecule has 12 heavy (non-hydrogen) atoms. The van der Waals surface area contributed by atoms with Gasteiger partial charge < -0.3 is 16.2 Å². The molecule has 0 fully saturated rings. The summed E-state index contributed by atoms with van der Waals surface area (Å²) in [4.78, 5) is 0. The number of aliphatic hydroxyl groups excluding tert-OH is 1. The first-order valence-corrected chi connectivity index (χ1v) is 5.77. The first-order chi connectivity index (χ1) is 5.85. The fraction of sp³-hybridized carbons (Fsp3) is 1.00. The Kier molecular flexibility index (Phi) is 9.50. The minimum atomic E-state index is 0.193. The maximum absolute atomic E-state index is 8.57. The molecule has 0 heterocycles. The van der Waals surface area contributed by atoms with Gasteiger partial charge in [0, 0.05) is 19.1 Å². The molecule has 0 aliphatic rings. The molecule has 0 aromatic carbocycles. The summed E-state index contributed by atoms with van der Waals surface area (Å²) in [6.45, 7) is 1.51. The van der Waals surface area contributed by atoms with E-state index in [4.69, 9.17) is 10.8 Å². The Morgan fingerprint density at radius 2 is 2.33 bits per heavy atom. The first kappa shape index (κ1) is 12.2. The number of hydrogen-bond donors (Lipinski definition) is 3. The Labute approximate surface area is 79.1 Å². The lowest BCUT2D eigenvalue weighted by Gasteiger charge is -2.15. The van der Waals surface area contributed by atoms with Crippen LogP contribution in [-0.4, -0.2) is 42.9 Å². The van der Waals surface area contributed by atoms with Gasteiger partial charge in [0.15, 0.2) is 0 Å². The molecule has 1 unspecified atom stereocenters. The van der Waals surface area contributed by atoms with E-state index >= 15 is 0 Å². The van der Waals surface area contributed by atoms with Crippen LogP contribution < -0.4 is 11.1 Å². The highest BCUT2D eigenvalue weighted by molar-refractivity contribution is 7.98. The van der Waals surface area contributed by atoms with E-state index < -0.39 is 0 Å². The van der Waals surface area contributed by atoms with E-state index in [-0.39, 0.29) is 6.61 Å². The maximum atomic E-state index is 8.57. The summed E-state index contributed by atoms with van der Waals surface area (Å²) in [7, 11) is 0. The Hall–Kier alpha value is 0.230. The predicted molar refractivity (Wildman–Crippen MR) is 55.5 cm³/mol. The smallest absolute Gasteiger partial charge is 0.0556 e. The first-order valence-electron chi connectivity index (χ1n) is 4.38. The molecule has 74 valence electrons. The Bertz CT molecular complexity index is 93.1. The van der Waals surface area contributed by atoms with Crippen LogP contribution in [0.2, 0.25) is 0 Å². The third kappa shape index (κ3) is 6.91. The third-order valence-corrected chi connectivity index (χ3v) is 2.43. The molecular formula is C8H20N2OS. The zero-order valence-electron chi connectivity index (χ0n) is 7.75. The van der Waals surface area contributed by atoms with E-state index in [0.29, 0.717) is 19.1 Å². The summed E-state index contributed by atoms with van der Waals surface area (Å²) in [6, 6.07) is 0.379. The Morgan fingerprint density at radius 3 is 2.83 bits per heavy atom. The van der Waals surface area contributed by atoms with Gasteiger partial charge in [-0.15, -0.1) is 0 Å².